The highest BCUT2D eigenvalue weighted by Gasteiger charge is 2.16. The second kappa shape index (κ2) is 5.81. The van der Waals surface area contributed by atoms with Gasteiger partial charge in [-0.05, 0) is 44.0 Å². The summed E-state index contributed by atoms with van der Waals surface area (Å²) in [5.41, 5.74) is 0.431. The molecule has 0 saturated heterocycles. The Balaban J connectivity index is 2.23. The number of carbonyl (C=O) groups excluding carboxylic acids is 1. The van der Waals surface area contributed by atoms with Crippen LogP contribution in [0.25, 0.3) is 0 Å². The van der Waals surface area contributed by atoms with Crippen molar-refractivity contribution in [2.45, 2.75) is 0 Å². The lowest BCUT2D eigenvalue weighted by molar-refractivity contribution is 0.0691. The van der Waals surface area contributed by atoms with Crippen LogP contribution in [0.3, 0.4) is 0 Å². The summed E-state index contributed by atoms with van der Waals surface area (Å²) in [5.74, 6) is -1.61. The molecule has 5 nitrogen and oxygen atoms in total. The Bertz CT molecular complexity index is 637. The van der Waals surface area contributed by atoms with Crippen LogP contribution in [0.4, 0.5) is 5.69 Å². The van der Waals surface area contributed by atoms with Crippen molar-refractivity contribution in [1.82, 2.24) is 4.98 Å². The average molecular weight is 406 g/mol. The predicted molar refractivity (Wildman–Crippen MR) is 78.9 cm³/mol. The van der Waals surface area contributed by atoms with Crippen LogP contribution >= 0.6 is 43.2 Å². The number of carboxylic acids is 1. The summed E-state index contributed by atoms with van der Waals surface area (Å²) in [6.07, 6.45) is 0. The molecule has 0 atom stereocenters. The molecule has 0 saturated carbocycles. The molecule has 1 heterocycles. The number of halogens is 2. The molecular weight excluding hydrogens is 400 g/mol. The van der Waals surface area contributed by atoms with Gasteiger partial charge in [0.15, 0.2) is 10.7 Å². The van der Waals surface area contributed by atoms with Crippen LogP contribution in [0.2, 0.25) is 0 Å². The van der Waals surface area contributed by atoms with Crippen molar-refractivity contribution in [3.63, 3.8) is 0 Å². The molecule has 0 aliphatic carbocycles. The zero-order valence-electron chi connectivity index (χ0n) is 9.18. The van der Waals surface area contributed by atoms with E-state index in [2.05, 4.69) is 42.2 Å². The number of nitrogens with zero attached hydrogens (tertiary/aromatic N) is 1. The van der Waals surface area contributed by atoms with Crippen LogP contribution < -0.4 is 5.32 Å². The number of rotatable bonds is 3. The molecule has 1 aromatic carbocycles. The summed E-state index contributed by atoms with van der Waals surface area (Å²) in [7, 11) is 0. The van der Waals surface area contributed by atoms with E-state index in [0.717, 1.165) is 11.3 Å². The van der Waals surface area contributed by atoms with Crippen LogP contribution in [0.15, 0.2) is 32.5 Å². The maximum Gasteiger partial charge on any atom is 0.355 e. The summed E-state index contributed by atoms with van der Waals surface area (Å²) < 4.78 is 1.43. The van der Waals surface area contributed by atoms with Gasteiger partial charge >= 0.3 is 5.97 Å². The standard InChI is InChI=1S/C11H6Br2N2O3S/c12-5-2-1-3-6(13)8(5)15-9(16)10-14-7(4-19-10)11(17)18/h1-4H,(H,15,16)(H,17,18). The van der Waals surface area contributed by atoms with Gasteiger partial charge in [-0.15, -0.1) is 11.3 Å². The molecule has 0 fully saturated rings. The van der Waals surface area contributed by atoms with Crippen LogP contribution in [-0.4, -0.2) is 22.0 Å². The molecule has 0 spiro atoms. The van der Waals surface area contributed by atoms with Crippen LogP contribution in [0.5, 0.6) is 0 Å². The molecule has 0 aliphatic rings. The molecule has 0 unspecified atom stereocenters. The lowest BCUT2D eigenvalue weighted by Gasteiger charge is -2.07. The third-order valence-corrected chi connectivity index (χ3v) is 4.28. The lowest BCUT2D eigenvalue weighted by atomic mass is 10.3. The van der Waals surface area contributed by atoms with Crippen molar-refractivity contribution in [3.05, 3.63) is 43.2 Å². The molecule has 1 aromatic heterocycles. The maximum absolute atomic E-state index is 12.0. The van der Waals surface area contributed by atoms with E-state index in [-0.39, 0.29) is 10.7 Å². The van der Waals surface area contributed by atoms with E-state index in [1.165, 1.54) is 5.38 Å². The zero-order valence-corrected chi connectivity index (χ0v) is 13.2. The number of thiazole rings is 1. The van der Waals surface area contributed by atoms with Gasteiger partial charge in [0.1, 0.15) is 0 Å². The van der Waals surface area contributed by atoms with Crippen molar-refractivity contribution in [2.75, 3.05) is 5.32 Å². The normalized spacial score (nSPS) is 10.2. The number of hydrogen-bond acceptors (Lipinski definition) is 4. The molecule has 2 rings (SSSR count). The van der Waals surface area contributed by atoms with E-state index in [1.807, 2.05) is 6.07 Å². The molecule has 19 heavy (non-hydrogen) atoms. The minimum absolute atomic E-state index is 0.0973. The van der Waals surface area contributed by atoms with E-state index in [0.29, 0.717) is 14.6 Å². The number of aromatic nitrogens is 1. The Kier molecular flexibility index (Phi) is 4.33. The fraction of sp³-hybridized carbons (Fsp3) is 0. The first-order valence-corrected chi connectivity index (χ1v) is 7.40. The van der Waals surface area contributed by atoms with Crippen molar-refractivity contribution < 1.29 is 14.7 Å². The first kappa shape index (κ1) is 14.2. The van der Waals surface area contributed by atoms with E-state index in [1.54, 1.807) is 12.1 Å². The summed E-state index contributed by atoms with van der Waals surface area (Å²) in [6, 6.07) is 5.38. The third-order valence-electron chi connectivity index (χ3n) is 2.12. The fourth-order valence-corrected chi connectivity index (χ4v) is 3.14. The van der Waals surface area contributed by atoms with Gasteiger partial charge in [0.05, 0.1) is 5.69 Å². The van der Waals surface area contributed by atoms with Gasteiger partial charge in [-0.1, -0.05) is 6.07 Å². The first-order valence-electron chi connectivity index (χ1n) is 4.93. The zero-order chi connectivity index (χ0) is 14.0. The fourth-order valence-electron chi connectivity index (χ4n) is 1.26. The second-order valence-corrected chi connectivity index (χ2v) is 5.96. The molecule has 0 aliphatic heterocycles. The second-order valence-electron chi connectivity index (χ2n) is 3.39. The van der Waals surface area contributed by atoms with Crippen LogP contribution in [0, 0.1) is 0 Å². The van der Waals surface area contributed by atoms with Gasteiger partial charge in [0.25, 0.3) is 5.91 Å². The van der Waals surface area contributed by atoms with Gasteiger partial charge in [0.2, 0.25) is 0 Å². The van der Waals surface area contributed by atoms with Crippen molar-refractivity contribution in [3.8, 4) is 0 Å². The molecular formula is C11H6Br2N2O3S. The van der Waals surface area contributed by atoms with Gasteiger partial charge < -0.3 is 10.4 Å². The number of para-hydroxylation sites is 1. The van der Waals surface area contributed by atoms with Crippen molar-refractivity contribution in [2.24, 2.45) is 0 Å². The van der Waals surface area contributed by atoms with E-state index in [4.69, 9.17) is 5.11 Å². The van der Waals surface area contributed by atoms with Gasteiger partial charge in [-0.3, -0.25) is 4.79 Å². The highest BCUT2D eigenvalue weighted by molar-refractivity contribution is 9.11. The Morgan fingerprint density at radius 3 is 2.42 bits per heavy atom. The van der Waals surface area contributed by atoms with Crippen molar-refractivity contribution >= 4 is 60.8 Å². The third kappa shape index (κ3) is 3.20. The molecule has 2 N–H and O–H groups in total. The van der Waals surface area contributed by atoms with Crippen LogP contribution in [0.1, 0.15) is 20.3 Å². The molecule has 1 amide bonds. The largest absolute Gasteiger partial charge is 0.476 e. The molecule has 0 radical (unpaired) electrons. The smallest absolute Gasteiger partial charge is 0.355 e. The minimum Gasteiger partial charge on any atom is -0.476 e. The number of aromatic carboxylic acids is 1. The SMILES string of the molecule is O=C(O)c1csc(C(=O)Nc2c(Br)cccc2Br)n1. The number of anilines is 1. The molecule has 2 aromatic rings. The molecule has 98 valence electrons. The Hall–Kier alpha value is -1.25. The number of benzene rings is 1. The lowest BCUT2D eigenvalue weighted by Crippen LogP contribution is -2.13. The van der Waals surface area contributed by atoms with Gasteiger partial charge in [0, 0.05) is 14.3 Å². The van der Waals surface area contributed by atoms with Gasteiger partial charge in [-0.25, -0.2) is 9.78 Å². The number of nitrogens with one attached hydrogen (secondary N) is 1. The quantitative estimate of drug-likeness (QED) is 0.817. The highest BCUT2D eigenvalue weighted by Crippen LogP contribution is 2.31. The number of amides is 1. The number of carbonyl (C=O) groups is 2. The Morgan fingerprint density at radius 1 is 1.26 bits per heavy atom. The Morgan fingerprint density at radius 2 is 1.89 bits per heavy atom. The number of carboxylic acid groups (broad SMARTS) is 1. The highest BCUT2D eigenvalue weighted by atomic mass is 79.9. The summed E-state index contributed by atoms with van der Waals surface area (Å²) in [6.45, 7) is 0. The van der Waals surface area contributed by atoms with Gasteiger partial charge in [-0.2, -0.15) is 0 Å². The predicted octanol–water partition coefficient (Wildman–Crippen LogP) is 3.62. The topological polar surface area (TPSA) is 79.3 Å². The minimum atomic E-state index is -1.16. The molecule has 8 heteroatoms. The first-order chi connectivity index (χ1) is 8.99. The maximum atomic E-state index is 12.0. The average Bonchev–Trinajstić information content (AvgIpc) is 2.83. The molecule has 0 bridgehead atoms. The number of hydrogen-bond donors (Lipinski definition) is 2. The Labute approximate surface area is 128 Å². The summed E-state index contributed by atoms with van der Waals surface area (Å²) in [4.78, 5) is 26.4. The van der Waals surface area contributed by atoms with E-state index in [9.17, 15) is 9.59 Å². The van der Waals surface area contributed by atoms with E-state index < -0.39 is 11.9 Å². The van der Waals surface area contributed by atoms with E-state index >= 15 is 0 Å². The summed E-state index contributed by atoms with van der Waals surface area (Å²) >= 11 is 7.62. The van der Waals surface area contributed by atoms with Crippen molar-refractivity contribution in [1.29, 1.82) is 0 Å². The monoisotopic (exact) mass is 404 g/mol. The summed E-state index contributed by atoms with van der Waals surface area (Å²) in [5, 5.41) is 12.8. The van der Waals surface area contributed by atoms with Crippen LogP contribution in [-0.2, 0) is 0 Å².